The van der Waals surface area contributed by atoms with Crippen LogP contribution in [0.3, 0.4) is 0 Å². The van der Waals surface area contributed by atoms with Crippen LogP contribution in [0.2, 0.25) is 6.82 Å². The summed E-state index contributed by atoms with van der Waals surface area (Å²) in [5, 5.41) is 0. The molecule has 0 bridgehead atoms. The van der Waals surface area contributed by atoms with E-state index >= 15 is 0 Å². The molecule has 1 aromatic carbocycles. The van der Waals surface area contributed by atoms with E-state index in [-0.39, 0.29) is 5.78 Å². The summed E-state index contributed by atoms with van der Waals surface area (Å²) in [7, 11) is 2.00. The maximum atomic E-state index is 10.8. The van der Waals surface area contributed by atoms with Gasteiger partial charge in [0.15, 0.2) is 5.78 Å². The smallest absolute Gasteiger partial charge is 0.159 e. The van der Waals surface area contributed by atoms with E-state index in [1.165, 1.54) is 0 Å². The summed E-state index contributed by atoms with van der Waals surface area (Å²) in [5.74, 6) is 0.118. The molecule has 0 aliphatic heterocycles. The molecule has 1 aromatic rings. The summed E-state index contributed by atoms with van der Waals surface area (Å²) in [6.45, 7) is 3.55. The minimum Gasteiger partial charge on any atom is -0.295 e. The predicted molar refractivity (Wildman–Crippen MR) is 47.7 cm³/mol. The maximum absolute atomic E-state index is 10.8. The number of carbonyl (C=O) groups excluding carboxylic acids is 1. The standard InChI is InChI=1S/C9H10BO/c1-7(11)8-3-5-9(10-2)6-4-8/h3-6H,1-2H3. The fourth-order valence-corrected chi connectivity index (χ4v) is 0.910. The van der Waals surface area contributed by atoms with Crippen molar-refractivity contribution in [3.8, 4) is 0 Å². The Morgan fingerprint density at radius 3 is 2.18 bits per heavy atom. The molecule has 0 saturated heterocycles. The highest BCUT2D eigenvalue weighted by Crippen LogP contribution is 1.96. The van der Waals surface area contributed by atoms with Crippen molar-refractivity contribution < 1.29 is 4.79 Å². The van der Waals surface area contributed by atoms with E-state index in [9.17, 15) is 4.79 Å². The zero-order valence-corrected chi connectivity index (χ0v) is 6.79. The third-order valence-corrected chi connectivity index (χ3v) is 1.65. The van der Waals surface area contributed by atoms with Crippen molar-refractivity contribution in [1.82, 2.24) is 0 Å². The van der Waals surface area contributed by atoms with Crippen LogP contribution in [0.4, 0.5) is 0 Å². The van der Waals surface area contributed by atoms with Crippen molar-refractivity contribution in [1.29, 1.82) is 0 Å². The highest BCUT2D eigenvalue weighted by atomic mass is 16.1. The van der Waals surface area contributed by atoms with E-state index in [2.05, 4.69) is 0 Å². The Morgan fingerprint density at radius 2 is 1.82 bits per heavy atom. The third kappa shape index (κ3) is 1.94. The molecule has 0 aromatic heterocycles. The molecule has 0 aliphatic carbocycles. The summed E-state index contributed by atoms with van der Waals surface area (Å²) in [6, 6.07) is 7.57. The van der Waals surface area contributed by atoms with Gasteiger partial charge in [-0.3, -0.25) is 4.79 Å². The first-order valence-corrected chi connectivity index (χ1v) is 3.64. The number of ketones is 1. The molecule has 0 fully saturated rings. The first kappa shape index (κ1) is 8.06. The van der Waals surface area contributed by atoms with Gasteiger partial charge in [-0.2, -0.15) is 0 Å². The molecule has 0 heterocycles. The number of hydrogen-bond acceptors (Lipinski definition) is 1. The molecular formula is C9H10BO. The van der Waals surface area contributed by atoms with E-state index in [1.54, 1.807) is 6.92 Å². The van der Waals surface area contributed by atoms with Gasteiger partial charge in [-0.25, -0.2) is 0 Å². The van der Waals surface area contributed by atoms with E-state index in [0.717, 1.165) is 11.0 Å². The van der Waals surface area contributed by atoms with Crippen LogP contribution in [0.1, 0.15) is 17.3 Å². The number of hydrogen-bond donors (Lipinski definition) is 0. The molecule has 0 spiro atoms. The van der Waals surface area contributed by atoms with Gasteiger partial charge in [0.1, 0.15) is 7.28 Å². The Labute approximate surface area is 67.7 Å². The van der Waals surface area contributed by atoms with Gasteiger partial charge in [0, 0.05) is 5.56 Å². The van der Waals surface area contributed by atoms with E-state index in [0.29, 0.717) is 0 Å². The van der Waals surface area contributed by atoms with Gasteiger partial charge in [-0.15, -0.1) is 0 Å². The van der Waals surface area contributed by atoms with Gasteiger partial charge < -0.3 is 0 Å². The lowest BCUT2D eigenvalue weighted by molar-refractivity contribution is 0.101. The lowest BCUT2D eigenvalue weighted by Crippen LogP contribution is -2.09. The largest absolute Gasteiger partial charge is 0.295 e. The number of benzene rings is 1. The summed E-state index contributed by atoms with van der Waals surface area (Å²) < 4.78 is 0. The van der Waals surface area contributed by atoms with E-state index in [4.69, 9.17) is 0 Å². The Hall–Kier alpha value is -1.05. The Balaban J connectivity index is 2.91. The molecular weight excluding hydrogens is 135 g/mol. The molecule has 2 heteroatoms. The van der Waals surface area contributed by atoms with Crippen molar-refractivity contribution >= 4 is 18.5 Å². The van der Waals surface area contributed by atoms with E-state index < -0.39 is 0 Å². The quantitative estimate of drug-likeness (QED) is 0.452. The molecule has 0 aliphatic rings. The Bertz CT molecular complexity index is 251. The molecule has 0 N–H and O–H groups in total. The summed E-state index contributed by atoms with van der Waals surface area (Å²) in [4.78, 5) is 10.8. The Morgan fingerprint density at radius 1 is 1.27 bits per heavy atom. The fraction of sp³-hybridized carbons (Fsp3) is 0.222. The van der Waals surface area contributed by atoms with Gasteiger partial charge in [-0.05, 0) is 6.92 Å². The van der Waals surface area contributed by atoms with Crippen LogP contribution in [0, 0.1) is 0 Å². The van der Waals surface area contributed by atoms with Crippen LogP contribution in [0.25, 0.3) is 0 Å². The van der Waals surface area contributed by atoms with Crippen LogP contribution in [0.15, 0.2) is 24.3 Å². The first-order valence-electron chi connectivity index (χ1n) is 3.64. The van der Waals surface area contributed by atoms with Crippen LogP contribution >= 0.6 is 0 Å². The Kier molecular flexibility index (Phi) is 2.47. The van der Waals surface area contributed by atoms with Crippen LogP contribution < -0.4 is 5.46 Å². The molecule has 1 nitrogen and oxygen atoms in total. The molecule has 0 atom stereocenters. The van der Waals surface area contributed by atoms with Crippen molar-refractivity contribution in [3.05, 3.63) is 29.8 Å². The summed E-state index contributed by atoms with van der Waals surface area (Å²) >= 11 is 0. The highest BCUT2D eigenvalue weighted by molar-refractivity contribution is 6.51. The second-order valence-corrected chi connectivity index (χ2v) is 2.47. The number of rotatable bonds is 2. The zero-order chi connectivity index (χ0) is 8.27. The monoisotopic (exact) mass is 145 g/mol. The second-order valence-electron chi connectivity index (χ2n) is 2.47. The number of carbonyl (C=O) groups is 1. The lowest BCUT2D eigenvalue weighted by atomic mass is 9.73. The minimum absolute atomic E-state index is 0.118. The topological polar surface area (TPSA) is 17.1 Å². The minimum atomic E-state index is 0.118. The number of Topliss-reactive ketones (excluding diaryl/α,β-unsaturated/α-hetero) is 1. The summed E-state index contributed by atoms with van der Waals surface area (Å²) in [5.41, 5.74) is 1.92. The lowest BCUT2D eigenvalue weighted by Gasteiger charge is -1.96. The van der Waals surface area contributed by atoms with Gasteiger partial charge in [0.05, 0.1) is 0 Å². The van der Waals surface area contributed by atoms with Crippen molar-refractivity contribution in [3.63, 3.8) is 0 Å². The average molecular weight is 145 g/mol. The highest BCUT2D eigenvalue weighted by Gasteiger charge is 1.96. The summed E-state index contributed by atoms with van der Waals surface area (Å²) in [6.07, 6.45) is 0. The average Bonchev–Trinajstić information content (AvgIpc) is 2.05. The maximum Gasteiger partial charge on any atom is 0.159 e. The fourth-order valence-electron chi connectivity index (χ4n) is 0.910. The molecule has 0 amide bonds. The third-order valence-electron chi connectivity index (χ3n) is 1.65. The van der Waals surface area contributed by atoms with Gasteiger partial charge in [0.2, 0.25) is 0 Å². The first-order chi connectivity index (χ1) is 5.24. The molecule has 1 radical (unpaired) electrons. The van der Waals surface area contributed by atoms with Crippen LogP contribution in [0.5, 0.6) is 0 Å². The molecule has 0 saturated carbocycles. The second kappa shape index (κ2) is 3.38. The predicted octanol–water partition coefficient (Wildman–Crippen LogP) is 1.27. The zero-order valence-electron chi connectivity index (χ0n) is 6.79. The van der Waals surface area contributed by atoms with E-state index in [1.807, 2.05) is 38.4 Å². The van der Waals surface area contributed by atoms with Gasteiger partial charge >= 0.3 is 0 Å². The molecule has 55 valence electrons. The molecule has 1 rings (SSSR count). The van der Waals surface area contributed by atoms with Crippen LogP contribution in [-0.2, 0) is 0 Å². The normalized spacial score (nSPS) is 9.27. The van der Waals surface area contributed by atoms with Crippen molar-refractivity contribution in [2.75, 3.05) is 0 Å². The molecule has 11 heavy (non-hydrogen) atoms. The molecule has 0 unspecified atom stereocenters. The van der Waals surface area contributed by atoms with Crippen LogP contribution in [-0.4, -0.2) is 13.1 Å². The van der Waals surface area contributed by atoms with Gasteiger partial charge in [-0.1, -0.05) is 36.6 Å². The SMILES string of the molecule is C[B]c1ccc(C(C)=O)cc1. The van der Waals surface area contributed by atoms with Gasteiger partial charge in [0.25, 0.3) is 0 Å². The van der Waals surface area contributed by atoms with Crippen molar-refractivity contribution in [2.24, 2.45) is 0 Å². The van der Waals surface area contributed by atoms with Crippen molar-refractivity contribution in [2.45, 2.75) is 13.7 Å².